The normalized spacial score (nSPS) is 17.3. The summed E-state index contributed by atoms with van der Waals surface area (Å²) >= 11 is 0. The van der Waals surface area contributed by atoms with E-state index in [9.17, 15) is 14.7 Å². The number of aromatic carboxylic acids is 1. The summed E-state index contributed by atoms with van der Waals surface area (Å²) < 4.78 is 10.6. The molecule has 3 rings (SSSR count). The number of carboxylic acids is 1. The number of amides is 1. The molecule has 1 atom stereocenters. The van der Waals surface area contributed by atoms with Gasteiger partial charge in [-0.25, -0.2) is 9.59 Å². The van der Waals surface area contributed by atoms with Crippen molar-refractivity contribution >= 4 is 22.8 Å². The summed E-state index contributed by atoms with van der Waals surface area (Å²) in [6.07, 6.45) is -0.905. The van der Waals surface area contributed by atoms with Crippen LogP contribution in [0.15, 0.2) is 36.4 Å². The van der Waals surface area contributed by atoms with Crippen LogP contribution >= 0.6 is 0 Å². The fourth-order valence-electron chi connectivity index (χ4n) is 2.27. The lowest BCUT2D eigenvalue weighted by Crippen LogP contribution is -2.22. The first-order valence-corrected chi connectivity index (χ1v) is 6.47. The highest BCUT2D eigenvalue weighted by molar-refractivity contribution is 6.00. The van der Waals surface area contributed by atoms with Crippen LogP contribution in [0.25, 0.3) is 10.8 Å². The number of fused-ring (bicyclic) bond motifs is 1. The summed E-state index contributed by atoms with van der Waals surface area (Å²) in [6, 6.07) is 10.6. The van der Waals surface area contributed by atoms with Gasteiger partial charge in [0, 0.05) is 5.39 Å². The van der Waals surface area contributed by atoms with Crippen LogP contribution in [-0.2, 0) is 4.74 Å². The maximum absolute atomic E-state index is 11.3. The Morgan fingerprint density at radius 3 is 2.86 bits per heavy atom. The molecule has 1 fully saturated rings. The van der Waals surface area contributed by atoms with Gasteiger partial charge in [0.1, 0.15) is 17.9 Å². The van der Waals surface area contributed by atoms with E-state index in [-0.39, 0.29) is 12.2 Å². The summed E-state index contributed by atoms with van der Waals surface area (Å²) in [5.41, 5.74) is 0.0889. The van der Waals surface area contributed by atoms with E-state index < -0.39 is 18.2 Å². The minimum atomic E-state index is -1.06. The van der Waals surface area contributed by atoms with Crippen LogP contribution in [-0.4, -0.2) is 36.4 Å². The first-order chi connectivity index (χ1) is 10.1. The number of ether oxygens (including phenoxy) is 2. The summed E-state index contributed by atoms with van der Waals surface area (Å²) in [7, 11) is 0. The van der Waals surface area contributed by atoms with Gasteiger partial charge in [0.15, 0.2) is 6.10 Å². The number of carbonyl (C=O) groups excluding carboxylic acids is 1. The molecule has 1 unspecified atom stereocenters. The molecule has 0 bridgehead atoms. The van der Waals surface area contributed by atoms with E-state index in [2.05, 4.69) is 5.32 Å². The highest BCUT2D eigenvalue weighted by Gasteiger charge is 2.24. The Bertz CT molecular complexity index is 712. The van der Waals surface area contributed by atoms with Crippen LogP contribution in [0.4, 0.5) is 4.79 Å². The van der Waals surface area contributed by atoms with Crippen molar-refractivity contribution < 1.29 is 24.2 Å². The zero-order valence-electron chi connectivity index (χ0n) is 11.0. The topological polar surface area (TPSA) is 84.9 Å². The van der Waals surface area contributed by atoms with E-state index in [0.29, 0.717) is 12.3 Å². The van der Waals surface area contributed by atoms with E-state index in [1.165, 1.54) is 6.07 Å². The molecule has 1 amide bonds. The van der Waals surface area contributed by atoms with Crippen molar-refractivity contribution in [3.8, 4) is 5.75 Å². The van der Waals surface area contributed by atoms with Crippen LogP contribution < -0.4 is 10.1 Å². The molecular weight excluding hydrogens is 274 g/mol. The molecule has 6 heteroatoms. The number of cyclic esters (lactones) is 1. The molecule has 1 heterocycles. The number of alkyl carbamates (subject to hydrolysis) is 1. The van der Waals surface area contributed by atoms with Gasteiger partial charge in [-0.2, -0.15) is 0 Å². The Morgan fingerprint density at radius 2 is 2.14 bits per heavy atom. The Kier molecular flexibility index (Phi) is 3.35. The second-order valence-electron chi connectivity index (χ2n) is 4.69. The average Bonchev–Trinajstić information content (AvgIpc) is 2.90. The van der Waals surface area contributed by atoms with Gasteiger partial charge >= 0.3 is 12.1 Å². The number of benzene rings is 2. The highest BCUT2D eigenvalue weighted by Crippen LogP contribution is 2.30. The van der Waals surface area contributed by atoms with Crippen LogP contribution in [0.3, 0.4) is 0 Å². The van der Waals surface area contributed by atoms with Crippen molar-refractivity contribution in [1.29, 1.82) is 0 Å². The zero-order chi connectivity index (χ0) is 14.8. The van der Waals surface area contributed by atoms with Crippen molar-refractivity contribution in [1.82, 2.24) is 5.32 Å². The number of nitrogens with one attached hydrogen (secondary N) is 1. The van der Waals surface area contributed by atoms with Gasteiger partial charge in [-0.3, -0.25) is 0 Å². The molecule has 0 spiro atoms. The predicted octanol–water partition coefficient (Wildman–Crippen LogP) is 2.03. The lowest BCUT2D eigenvalue weighted by Gasteiger charge is -2.14. The van der Waals surface area contributed by atoms with Crippen molar-refractivity contribution in [3.63, 3.8) is 0 Å². The van der Waals surface area contributed by atoms with Gasteiger partial charge in [0.05, 0.1) is 6.54 Å². The molecule has 108 valence electrons. The molecule has 21 heavy (non-hydrogen) atoms. The third-order valence-electron chi connectivity index (χ3n) is 3.27. The lowest BCUT2D eigenvalue weighted by molar-refractivity contribution is 0.0685. The lowest BCUT2D eigenvalue weighted by atomic mass is 10.1. The fourth-order valence-corrected chi connectivity index (χ4v) is 2.27. The van der Waals surface area contributed by atoms with Gasteiger partial charge < -0.3 is 19.9 Å². The van der Waals surface area contributed by atoms with Gasteiger partial charge in [0.2, 0.25) is 0 Å². The summed E-state index contributed by atoms with van der Waals surface area (Å²) in [4.78, 5) is 22.3. The van der Waals surface area contributed by atoms with Crippen LogP contribution in [0, 0.1) is 0 Å². The van der Waals surface area contributed by atoms with Gasteiger partial charge in [-0.1, -0.05) is 30.3 Å². The maximum atomic E-state index is 11.3. The minimum Gasteiger partial charge on any atom is -0.488 e. The number of hydrogen-bond donors (Lipinski definition) is 2. The molecule has 0 radical (unpaired) electrons. The van der Waals surface area contributed by atoms with E-state index in [1.807, 2.05) is 18.2 Å². The van der Waals surface area contributed by atoms with Crippen molar-refractivity contribution in [2.45, 2.75) is 6.10 Å². The maximum Gasteiger partial charge on any atom is 0.407 e. The van der Waals surface area contributed by atoms with Crippen molar-refractivity contribution in [2.75, 3.05) is 13.2 Å². The molecule has 0 aromatic heterocycles. The number of hydrogen-bond acceptors (Lipinski definition) is 4. The van der Waals surface area contributed by atoms with E-state index in [4.69, 9.17) is 9.47 Å². The Labute approximate surface area is 120 Å². The summed E-state index contributed by atoms with van der Waals surface area (Å²) in [5.74, 6) is -0.763. The zero-order valence-corrected chi connectivity index (χ0v) is 11.0. The quantitative estimate of drug-likeness (QED) is 0.898. The predicted molar refractivity (Wildman–Crippen MR) is 74.7 cm³/mol. The van der Waals surface area contributed by atoms with E-state index in [1.54, 1.807) is 12.1 Å². The SMILES string of the molecule is O=C1NCC(COc2c(C(=O)O)ccc3ccccc23)O1. The standard InChI is InChI=1S/C15H13NO5/c17-14(18)12-6-5-9-3-1-2-4-11(9)13(12)20-8-10-7-16-15(19)21-10/h1-6,10H,7-8H2,(H,16,19)(H,17,18). The van der Waals surface area contributed by atoms with Gasteiger partial charge in [-0.15, -0.1) is 0 Å². The number of carbonyl (C=O) groups is 2. The average molecular weight is 287 g/mol. The summed E-state index contributed by atoms with van der Waals surface area (Å²) in [5, 5.41) is 13.4. The Morgan fingerprint density at radius 1 is 1.33 bits per heavy atom. The molecule has 1 aliphatic rings. The molecule has 2 N–H and O–H groups in total. The molecule has 1 saturated heterocycles. The second-order valence-corrected chi connectivity index (χ2v) is 4.69. The molecular formula is C15H13NO5. The van der Waals surface area contributed by atoms with Crippen molar-refractivity contribution in [2.24, 2.45) is 0 Å². The van der Waals surface area contributed by atoms with Crippen LogP contribution in [0.1, 0.15) is 10.4 Å². The molecule has 0 aliphatic carbocycles. The van der Waals surface area contributed by atoms with Crippen LogP contribution in [0.5, 0.6) is 5.75 Å². The van der Waals surface area contributed by atoms with Gasteiger partial charge in [-0.05, 0) is 11.5 Å². The molecule has 0 saturated carbocycles. The number of carboxylic acid groups (broad SMARTS) is 1. The molecule has 6 nitrogen and oxygen atoms in total. The van der Waals surface area contributed by atoms with Gasteiger partial charge in [0.25, 0.3) is 0 Å². The smallest absolute Gasteiger partial charge is 0.407 e. The molecule has 2 aromatic carbocycles. The van der Waals surface area contributed by atoms with Crippen molar-refractivity contribution in [3.05, 3.63) is 42.0 Å². The first kappa shape index (κ1) is 13.2. The van der Waals surface area contributed by atoms with Crippen LogP contribution in [0.2, 0.25) is 0 Å². The third-order valence-corrected chi connectivity index (χ3v) is 3.27. The summed E-state index contributed by atoms with van der Waals surface area (Å²) in [6.45, 7) is 0.457. The van der Waals surface area contributed by atoms with E-state index in [0.717, 1.165) is 10.8 Å². The largest absolute Gasteiger partial charge is 0.488 e. The first-order valence-electron chi connectivity index (χ1n) is 6.47. The fraction of sp³-hybridized carbons (Fsp3) is 0.200. The number of rotatable bonds is 4. The highest BCUT2D eigenvalue weighted by atomic mass is 16.6. The monoisotopic (exact) mass is 287 g/mol. The molecule has 2 aromatic rings. The second kappa shape index (κ2) is 5.32. The molecule has 1 aliphatic heterocycles. The third kappa shape index (κ3) is 2.60. The van der Waals surface area contributed by atoms with E-state index >= 15 is 0 Å². The Balaban J connectivity index is 1.92. The Hall–Kier alpha value is -2.76. The minimum absolute atomic E-state index is 0.0889.